The summed E-state index contributed by atoms with van der Waals surface area (Å²) in [5.41, 5.74) is 0. The molecule has 0 atom stereocenters. The molecular weight excluding hydrogens is 160 g/mol. The van der Waals surface area contributed by atoms with Crippen LogP contribution in [0.2, 0.25) is 0 Å². The number of nitrogens with zero attached hydrogens (tertiary/aromatic N) is 1. The summed E-state index contributed by atoms with van der Waals surface area (Å²) in [7, 11) is 2.21. The average Bonchev–Trinajstić information content (AvgIpc) is 2.14. The van der Waals surface area contributed by atoms with Gasteiger partial charge < -0.3 is 10.2 Å². The zero-order valence-electron chi connectivity index (χ0n) is 9.60. The standard InChI is InChI=1S/C11H26N2/c1-4-6-8-12-9-11-13(3)10-7-5-2/h12H,4-11H2,1-3H3. The van der Waals surface area contributed by atoms with Crippen molar-refractivity contribution in [3.8, 4) is 0 Å². The van der Waals surface area contributed by atoms with Crippen molar-refractivity contribution in [1.82, 2.24) is 10.2 Å². The quantitative estimate of drug-likeness (QED) is 0.555. The smallest absolute Gasteiger partial charge is 0.0104 e. The molecular formula is C11H26N2. The van der Waals surface area contributed by atoms with Gasteiger partial charge >= 0.3 is 0 Å². The first-order chi connectivity index (χ1) is 6.31. The van der Waals surface area contributed by atoms with Gasteiger partial charge in [0.15, 0.2) is 0 Å². The Kier molecular flexibility index (Phi) is 9.94. The van der Waals surface area contributed by atoms with E-state index in [4.69, 9.17) is 0 Å². The highest BCUT2D eigenvalue weighted by Crippen LogP contribution is 1.90. The van der Waals surface area contributed by atoms with Gasteiger partial charge in [0.25, 0.3) is 0 Å². The van der Waals surface area contributed by atoms with Crippen LogP contribution in [0.1, 0.15) is 39.5 Å². The summed E-state index contributed by atoms with van der Waals surface area (Å²) >= 11 is 0. The number of hydrogen-bond acceptors (Lipinski definition) is 2. The van der Waals surface area contributed by atoms with Crippen LogP contribution in [0.15, 0.2) is 0 Å². The zero-order chi connectivity index (χ0) is 9.94. The van der Waals surface area contributed by atoms with E-state index in [1.807, 2.05) is 0 Å². The second kappa shape index (κ2) is 10.0. The number of nitrogens with one attached hydrogen (secondary N) is 1. The topological polar surface area (TPSA) is 15.3 Å². The molecule has 0 unspecified atom stereocenters. The molecule has 0 fully saturated rings. The fourth-order valence-electron chi connectivity index (χ4n) is 1.24. The third kappa shape index (κ3) is 9.84. The number of rotatable bonds is 9. The molecule has 0 aromatic rings. The summed E-state index contributed by atoms with van der Waals surface area (Å²) < 4.78 is 0. The minimum Gasteiger partial charge on any atom is -0.315 e. The van der Waals surface area contributed by atoms with Crippen molar-refractivity contribution < 1.29 is 0 Å². The van der Waals surface area contributed by atoms with Crippen molar-refractivity contribution in [3.63, 3.8) is 0 Å². The van der Waals surface area contributed by atoms with Crippen molar-refractivity contribution in [2.45, 2.75) is 39.5 Å². The third-order valence-corrected chi connectivity index (χ3v) is 2.27. The van der Waals surface area contributed by atoms with Gasteiger partial charge in [-0.25, -0.2) is 0 Å². The van der Waals surface area contributed by atoms with Gasteiger partial charge in [-0.3, -0.25) is 0 Å². The summed E-state index contributed by atoms with van der Waals surface area (Å²) in [5.74, 6) is 0. The Balaban J connectivity index is 3.03. The van der Waals surface area contributed by atoms with E-state index >= 15 is 0 Å². The van der Waals surface area contributed by atoms with E-state index in [1.165, 1.54) is 45.3 Å². The molecule has 0 aliphatic carbocycles. The number of hydrogen-bond donors (Lipinski definition) is 1. The highest BCUT2D eigenvalue weighted by Gasteiger charge is 1.95. The van der Waals surface area contributed by atoms with Crippen LogP contribution in [0.5, 0.6) is 0 Å². The molecule has 0 bridgehead atoms. The third-order valence-electron chi connectivity index (χ3n) is 2.27. The summed E-state index contributed by atoms with van der Waals surface area (Å²) in [6.45, 7) is 9.22. The maximum Gasteiger partial charge on any atom is 0.0104 e. The molecule has 0 radical (unpaired) electrons. The molecule has 0 amide bonds. The highest BCUT2D eigenvalue weighted by molar-refractivity contribution is 4.54. The second-order valence-corrected chi connectivity index (χ2v) is 3.76. The largest absolute Gasteiger partial charge is 0.315 e. The Hall–Kier alpha value is -0.0800. The van der Waals surface area contributed by atoms with Crippen LogP contribution < -0.4 is 5.32 Å². The molecule has 2 heteroatoms. The van der Waals surface area contributed by atoms with Crippen LogP contribution in [0, 0.1) is 0 Å². The van der Waals surface area contributed by atoms with Crippen LogP contribution in [0.4, 0.5) is 0 Å². The monoisotopic (exact) mass is 186 g/mol. The van der Waals surface area contributed by atoms with Crippen molar-refractivity contribution in [1.29, 1.82) is 0 Å². The van der Waals surface area contributed by atoms with Crippen molar-refractivity contribution >= 4 is 0 Å². The summed E-state index contributed by atoms with van der Waals surface area (Å²) in [6.07, 6.45) is 5.22. The van der Waals surface area contributed by atoms with E-state index in [0.717, 1.165) is 6.54 Å². The van der Waals surface area contributed by atoms with Gasteiger partial charge in [0.2, 0.25) is 0 Å². The lowest BCUT2D eigenvalue weighted by molar-refractivity contribution is 0.325. The Labute approximate surface area is 83.7 Å². The lowest BCUT2D eigenvalue weighted by Gasteiger charge is -2.16. The second-order valence-electron chi connectivity index (χ2n) is 3.76. The number of unbranched alkanes of at least 4 members (excludes halogenated alkanes) is 2. The summed E-state index contributed by atoms with van der Waals surface area (Å²) in [6, 6.07) is 0. The molecule has 2 nitrogen and oxygen atoms in total. The van der Waals surface area contributed by atoms with Crippen LogP contribution >= 0.6 is 0 Å². The van der Waals surface area contributed by atoms with Crippen LogP contribution in [-0.4, -0.2) is 38.1 Å². The Morgan fingerprint density at radius 3 is 2.23 bits per heavy atom. The molecule has 0 aliphatic heterocycles. The molecule has 0 rings (SSSR count). The molecule has 13 heavy (non-hydrogen) atoms. The summed E-state index contributed by atoms with van der Waals surface area (Å²) in [5, 5.41) is 3.45. The molecule has 0 aromatic carbocycles. The van der Waals surface area contributed by atoms with E-state index in [2.05, 4.69) is 31.1 Å². The van der Waals surface area contributed by atoms with Crippen molar-refractivity contribution in [2.24, 2.45) is 0 Å². The van der Waals surface area contributed by atoms with Crippen LogP contribution in [0.25, 0.3) is 0 Å². The molecule has 0 saturated heterocycles. The molecule has 1 N–H and O–H groups in total. The predicted molar refractivity (Wildman–Crippen MR) is 60.2 cm³/mol. The zero-order valence-corrected chi connectivity index (χ0v) is 9.60. The van der Waals surface area contributed by atoms with Gasteiger partial charge in [-0.2, -0.15) is 0 Å². The first kappa shape index (κ1) is 12.9. The van der Waals surface area contributed by atoms with E-state index in [9.17, 15) is 0 Å². The first-order valence-corrected chi connectivity index (χ1v) is 5.70. The fraction of sp³-hybridized carbons (Fsp3) is 1.00. The minimum absolute atomic E-state index is 1.14. The maximum absolute atomic E-state index is 3.45. The lowest BCUT2D eigenvalue weighted by atomic mass is 10.3. The minimum atomic E-state index is 1.14. The van der Waals surface area contributed by atoms with Gasteiger partial charge in [0, 0.05) is 13.1 Å². The van der Waals surface area contributed by atoms with E-state index in [0.29, 0.717) is 0 Å². The average molecular weight is 186 g/mol. The number of likely N-dealkylation sites (N-methyl/N-ethyl adjacent to an activating group) is 1. The Morgan fingerprint density at radius 1 is 0.923 bits per heavy atom. The van der Waals surface area contributed by atoms with Gasteiger partial charge in [-0.15, -0.1) is 0 Å². The summed E-state index contributed by atoms with van der Waals surface area (Å²) in [4.78, 5) is 2.41. The highest BCUT2D eigenvalue weighted by atomic mass is 15.1. The van der Waals surface area contributed by atoms with Gasteiger partial charge in [-0.05, 0) is 33.0 Å². The Bertz CT molecular complexity index is 94.1. The predicted octanol–water partition coefficient (Wildman–Crippen LogP) is 2.11. The van der Waals surface area contributed by atoms with Gasteiger partial charge in [0.05, 0.1) is 0 Å². The molecule has 80 valence electrons. The normalized spacial score (nSPS) is 11.1. The van der Waals surface area contributed by atoms with E-state index in [1.54, 1.807) is 0 Å². The van der Waals surface area contributed by atoms with Gasteiger partial charge in [-0.1, -0.05) is 26.7 Å². The lowest BCUT2D eigenvalue weighted by Crippen LogP contribution is -2.30. The van der Waals surface area contributed by atoms with Crippen molar-refractivity contribution in [2.75, 3.05) is 33.2 Å². The first-order valence-electron chi connectivity index (χ1n) is 5.70. The van der Waals surface area contributed by atoms with Crippen LogP contribution in [0.3, 0.4) is 0 Å². The molecule has 0 spiro atoms. The SMILES string of the molecule is CCCCNCCN(C)CCCC. The van der Waals surface area contributed by atoms with Gasteiger partial charge in [0.1, 0.15) is 0 Å². The molecule has 0 heterocycles. The maximum atomic E-state index is 3.45. The van der Waals surface area contributed by atoms with E-state index < -0.39 is 0 Å². The molecule has 0 aromatic heterocycles. The Morgan fingerprint density at radius 2 is 1.62 bits per heavy atom. The fourth-order valence-corrected chi connectivity index (χ4v) is 1.24. The van der Waals surface area contributed by atoms with Crippen molar-refractivity contribution in [3.05, 3.63) is 0 Å². The van der Waals surface area contributed by atoms with E-state index in [-0.39, 0.29) is 0 Å². The molecule has 0 saturated carbocycles. The van der Waals surface area contributed by atoms with Crippen LogP contribution in [-0.2, 0) is 0 Å². The molecule has 0 aliphatic rings.